The van der Waals surface area contributed by atoms with E-state index in [1.165, 1.54) is 0 Å². The third kappa shape index (κ3) is 6.44. The Labute approximate surface area is 126 Å². The molecule has 0 aliphatic heterocycles. The summed E-state index contributed by atoms with van der Waals surface area (Å²) in [4.78, 5) is 13.4. The minimum atomic E-state index is -0.0384. The number of carbonyl (C=O) groups is 1. The first-order valence-corrected chi connectivity index (χ1v) is 8.23. The molecule has 1 atom stereocenters. The van der Waals surface area contributed by atoms with Crippen molar-refractivity contribution in [3.05, 3.63) is 30.3 Å². The number of hydrogen-bond acceptors (Lipinski definition) is 3. The lowest BCUT2D eigenvalue weighted by Gasteiger charge is -2.20. The molecule has 2 N–H and O–H groups in total. The maximum Gasteiger partial charge on any atom is 0.233 e. The van der Waals surface area contributed by atoms with Crippen molar-refractivity contribution in [1.29, 1.82) is 0 Å². The highest BCUT2D eigenvalue weighted by molar-refractivity contribution is 8.00. The monoisotopic (exact) mass is 294 g/mol. The van der Waals surface area contributed by atoms with Crippen molar-refractivity contribution in [2.75, 3.05) is 19.6 Å². The van der Waals surface area contributed by atoms with Gasteiger partial charge in [-0.05, 0) is 31.0 Å². The van der Waals surface area contributed by atoms with Gasteiger partial charge in [0.05, 0.1) is 5.25 Å². The van der Waals surface area contributed by atoms with Gasteiger partial charge >= 0.3 is 0 Å². The zero-order valence-electron chi connectivity index (χ0n) is 12.7. The predicted octanol–water partition coefficient (Wildman–Crippen LogP) is 2.92. The number of hydrogen-bond donors (Lipinski definition) is 2. The van der Waals surface area contributed by atoms with Gasteiger partial charge < -0.3 is 10.6 Å². The van der Waals surface area contributed by atoms with Gasteiger partial charge in [0.25, 0.3) is 0 Å². The minimum Gasteiger partial charge on any atom is -0.354 e. The van der Waals surface area contributed by atoms with Gasteiger partial charge in [-0.3, -0.25) is 4.79 Å². The topological polar surface area (TPSA) is 41.1 Å². The molecule has 1 aromatic carbocycles. The molecule has 112 valence electrons. The highest BCUT2D eigenvalue weighted by atomic mass is 32.2. The third-order valence-electron chi connectivity index (χ3n) is 2.90. The van der Waals surface area contributed by atoms with Crippen LogP contribution in [0, 0.1) is 5.92 Å². The van der Waals surface area contributed by atoms with Crippen molar-refractivity contribution < 1.29 is 4.79 Å². The Kier molecular flexibility index (Phi) is 8.38. The number of nitrogens with one attached hydrogen (secondary N) is 2. The Morgan fingerprint density at radius 1 is 1.15 bits per heavy atom. The standard InChI is InChI=1S/C16H26N2OS/c1-4-10-17-11-12-18-16(19)15(13(2)3)20-14-8-6-5-7-9-14/h5-9,13,15,17H,4,10-12H2,1-3H3,(H,18,19). The smallest absolute Gasteiger partial charge is 0.233 e. The van der Waals surface area contributed by atoms with Crippen LogP contribution in [0.5, 0.6) is 0 Å². The second-order valence-electron chi connectivity index (χ2n) is 5.14. The molecule has 0 aromatic heterocycles. The van der Waals surface area contributed by atoms with Crippen molar-refractivity contribution in [3.8, 4) is 0 Å². The normalized spacial score (nSPS) is 12.4. The Bertz CT molecular complexity index is 381. The number of thioether (sulfide) groups is 1. The van der Waals surface area contributed by atoms with Crippen molar-refractivity contribution in [2.45, 2.75) is 37.3 Å². The van der Waals surface area contributed by atoms with E-state index in [4.69, 9.17) is 0 Å². The summed E-state index contributed by atoms with van der Waals surface area (Å²) in [6.07, 6.45) is 1.12. The largest absolute Gasteiger partial charge is 0.354 e. The van der Waals surface area contributed by atoms with Crippen LogP contribution in [0.1, 0.15) is 27.2 Å². The van der Waals surface area contributed by atoms with Crippen LogP contribution in [-0.2, 0) is 4.79 Å². The molecule has 1 amide bonds. The van der Waals surface area contributed by atoms with Crippen LogP contribution in [-0.4, -0.2) is 30.8 Å². The third-order valence-corrected chi connectivity index (χ3v) is 4.45. The van der Waals surface area contributed by atoms with Crippen LogP contribution in [0.4, 0.5) is 0 Å². The maximum absolute atomic E-state index is 12.3. The SMILES string of the molecule is CCCNCCNC(=O)C(Sc1ccccc1)C(C)C. The second-order valence-corrected chi connectivity index (χ2v) is 6.35. The van der Waals surface area contributed by atoms with Gasteiger partial charge in [0.15, 0.2) is 0 Å². The van der Waals surface area contributed by atoms with E-state index in [2.05, 4.69) is 43.5 Å². The summed E-state index contributed by atoms with van der Waals surface area (Å²) in [6.45, 7) is 8.85. The van der Waals surface area contributed by atoms with E-state index < -0.39 is 0 Å². The van der Waals surface area contributed by atoms with E-state index in [0.717, 1.165) is 24.4 Å². The van der Waals surface area contributed by atoms with Crippen LogP contribution in [0.2, 0.25) is 0 Å². The molecular formula is C16H26N2OS. The van der Waals surface area contributed by atoms with Crippen molar-refractivity contribution in [2.24, 2.45) is 5.92 Å². The average molecular weight is 294 g/mol. The van der Waals surface area contributed by atoms with E-state index in [0.29, 0.717) is 12.5 Å². The van der Waals surface area contributed by atoms with E-state index in [-0.39, 0.29) is 11.2 Å². The van der Waals surface area contributed by atoms with Crippen LogP contribution in [0.3, 0.4) is 0 Å². The number of benzene rings is 1. The quantitative estimate of drug-likeness (QED) is 0.543. The summed E-state index contributed by atoms with van der Waals surface area (Å²) in [5, 5.41) is 6.27. The van der Waals surface area contributed by atoms with Gasteiger partial charge in [-0.15, -0.1) is 11.8 Å². The van der Waals surface area contributed by atoms with Crippen LogP contribution >= 0.6 is 11.8 Å². The fourth-order valence-electron chi connectivity index (χ4n) is 1.81. The van der Waals surface area contributed by atoms with Crippen LogP contribution < -0.4 is 10.6 Å². The molecule has 0 saturated carbocycles. The molecule has 1 unspecified atom stereocenters. The Hall–Kier alpha value is -1.00. The molecule has 0 bridgehead atoms. The fourth-order valence-corrected chi connectivity index (χ4v) is 2.88. The molecule has 3 nitrogen and oxygen atoms in total. The van der Waals surface area contributed by atoms with Gasteiger partial charge in [0.1, 0.15) is 0 Å². The average Bonchev–Trinajstić information content (AvgIpc) is 2.45. The predicted molar refractivity (Wildman–Crippen MR) is 87.1 cm³/mol. The molecule has 20 heavy (non-hydrogen) atoms. The maximum atomic E-state index is 12.3. The fraction of sp³-hybridized carbons (Fsp3) is 0.562. The lowest BCUT2D eigenvalue weighted by molar-refractivity contribution is -0.121. The van der Waals surface area contributed by atoms with Gasteiger partial charge in [0.2, 0.25) is 5.91 Å². The van der Waals surface area contributed by atoms with E-state index in [1.807, 2.05) is 18.2 Å². The summed E-state index contributed by atoms with van der Waals surface area (Å²) in [7, 11) is 0. The lowest BCUT2D eigenvalue weighted by Crippen LogP contribution is -2.39. The highest BCUT2D eigenvalue weighted by Gasteiger charge is 2.22. The number of amides is 1. The first-order valence-electron chi connectivity index (χ1n) is 7.35. The summed E-state index contributed by atoms with van der Waals surface area (Å²) in [5.41, 5.74) is 0. The van der Waals surface area contributed by atoms with E-state index >= 15 is 0 Å². The molecule has 0 saturated heterocycles. The molecule has 0 radical (unpaired) electrons. The summed E-state index contributed by atoms with van der Waals surface area (Å²) < 4.78 is 0. The van der Waals surface area contributed by atoms with Gasteiger partial charge in [-0.25, -0.2) is 0 Å². The molecule has 4 heteroatoms. The van der Waals surface area contributed by atoms with Crippen molar-refractivity contribution in [1.82, 2.24) is 10.6 Å². The van der Waals surface area contributed by atoms with Crippen molar-refractivity contribution >= 4 is 17.7 Å². The molecule has 0 aliphatic rings. The van der Waals surface area contributed by atoms with Crippen LogP contribution in [0.25, 0.3) is 0 Å². The molecule has 1 rings (SSSR count). The summed E-state index contributed by atoms with van der Waals surface area (Å²) in [5.74, 6) is 0.441. The number of carbonyl (C=O) groups excluding carboxylic acids is 1. The summed E-state index contributed by atoms with van der Waals surface area (Å²) >= 11 is 1.64. The Morgan fingerprint density at radius 2 is 1.85 bits per heavy atom. The first kappa shape index (κ1) is 17.1. The lowest BCUT2D eigenvalue weighted by atomic mass is 10.1. The molecule has 0 aliphatic carbocycles. The van der Waals surface area contributed by atoms with Gasteiger partial charge in [-0.2, -0.15) is 0 Å². The number of rotatable bonds is 9. The van der Waals surface area contributed by atoms with E-state index in [9.17, 15) is 4.79 Å². The van der Waals surface area contributed by atoms with Gasteiger partial charge in [-0.1, -0.05) is 39.0 Å². The first-order chi connectivity index (χ1) is 9.65. The summed E-state index contributed by atoms with van der Waals surface area (Å²) in [6, 6.07) is 10.1. The molecule has 0 heterocycles. The molecule has 0 spiro atoms. The van der Waals surface area contributed by atoms with Gasteiger partial charge in [0, 0.05) is 18.0 Å². The van der Waals surface area contributed by atoms with E-state index in [1.54, 1.807) is 11.8 Å². The molecule has 1 aromatic rings. The van der Waals surface area contributed by atoms with Crippen LogP contribution in [0.15, 0.2) is 35.2 Å². The van der Waals surface area contributed by atoms with Crippen molar-refractivity contribution in [3.63, 3.8) is 0 Å². The molecule has 0 fully saturated rings. The second kappa shape index (κ2) is 9.83. The highest BCUT2D eigenvalue weighted by Crippen LogP contribution is 2.27. The molecular weight excluding hydrogens is 268 g/mol. The zero-order valence-corrected chi connectivity index (χ0v) is 13.5. The Balaban J connectivity index is 2.43. The Morgan fingerprint density at radius 3 is 2.45 bits per heavy atom. The minimum absolute atomic E-state index is 0.0384. The zero-order chi connectivity index (χ0) is 14.8.